The zero-order valence-electron chi connectivity index (χ0n) is 12.3. The van der Waals surface area contributed by atoms with Crippen LogP contribution in [0, 0.1) is 0 Å². The predicted octanol–water partition coefficient (Wildman–Crippen LogP) is 1.91. The van der Waals surface area contributed by atoms with Gasteiger partial charge in [0.25, 0.3) is 5.91 Å². The Morgan fingerprint density at radius 1 is 1.35 bits per heavy atom. The summed E-state index contributed by atoms with van der Waals surface area (Å²) in [6.45, 7) is 2.99. The second-order valence-corrected chi connectivity index (χ2v) is 5.10. The second kappa shape index (κ2) is 5.90. The SMILES string of the molecule is CCCCCn1ncc2c(N)c(C(=O)N(C)C)cnc21. The molecular formula is C14H21N5O. The van der Waals surface area contributed by atoms with Gasteiger partial charge in [-0.1, -0.05) is 19.8 Å². The van der Waals surface area contributed by atoms with E-state index >= 15 is 0 Å². The summed E-state index contributed by atoms with van der Waals surface area (Å²) < 4.78 is 1.85. The van der Waals surface area contributed by atoms with Crippen molar-refractivity contribution < 1.29 is 4.79 Å². The number of carbonyl (C=O) groups excluding carboxylic acids is 1. The van der Waals surface area contributed by atoms with Crippen molar-refractivity contribution in [3.8, 4) is 0 Å². The Morgan fingerprint density at radius 3 is 2.75 bits per heavy atom. The number of pyridine rings is 1. The number of hydrogen-bond acceptors (Lipinski definition) is 4. The fourth-order valence-corrected chi connectivity index (χ4v) is 2.13. The second-order valence-electron chi connectivity index (χ2n) is 5.10. The number of nitrogens with zero attached hydrogens (tertiary/aromatic N) is 4. The third-order valence-electron chi connectivity index (χ3n) is 3.32. The van der Waals surface area contributed by atoms with Crippen molar-refractivity contribution in [1.29, 1.82) is 0 Å². The van der Waals surface area contributed by atoms with Crippen LogP contribution in [0.1, 0.15) is 36.5 Å². The molecule has 0 radical (unpaired) electrons. The van der Waals surface area contributed by atoms with Crippen LogP contribution in [0.5, 0.6) is 0 Å². The number of rotatable bonds is 5. The van der Waals surface area contributed by atoms with Crippen LogP contribution in [-0.2, 0) is 6.54 Å². The minimum Gasteiger partial charge on any atom is -0.397 e. The van der Waals surface area contributed by atoms with Crippen molar-refractivity contribution in [3.05, 3.63) is 18.0 Å². The van der Waals surface area contributed by atoms with Crippen LogP contribution in [0.2, 0.25) is 0 Å². The van der Waals surface area contributed by atoms with Crippen LogP contribution in [0.25, 0.3) is 11.0 Å². The molecule has 0 aliphatic heterocycles. The fraction of sp³-hybridized carbons (Fsp3) is 0.500. The molecule has 20 heavy (non-hydrogen) atoms. The summed E-state index contributed by atoms with van der Waals surface area (Å²) in [6, 6.07) is 0. The lowest BCUT2D eigenvalue weighted by atomic mass is 10.1. The number of aryl methyl sites for hydroxylation is 1. The number of nitrogens with two attached hydrogens (primary N) is 1. The zero-order valence-corrected chi connectivity index (χ0v) is 12.3. The number of carbonyl (C=O) groups is 1. The highest BCUT2D eigenvalue weighted by Crippen LogP contribution is 2.23. The number of hydrogen-bond donors (Lipinski definition) is 1. The van der Waals surface area contributed by atoms with Gasteiger partial charge in [-0.2, -0.15) is 5.10 Å². The molecule has 2 aromatic heterocycles. The molecule has 0 unspecified atom stereocenters. The molecular weight excluding hydrogens is 254 g/mol. The molecule has 1 amide bonds. The molecule has 0 bridgehead atoms. The lowest BCUT2D eigenvalue weighted by molar-refractivity contribution is 0.0828. The molecule has 6 heteroatoms. The number of nitrogen functional groups attached to an aromatic ring is 1. The minimum absolute atomic E-state index is 0.143. The van der Waals surface area contributed by atoms with Crippen LogP contribution in [0.15, 0.2) is 12.4 Å². The summed E-state index contributed by atoms with van der Waals surface area (Å²) in [5.41, 5.74) is 7.71. The molecule has 0 fully saturated rings. The largest absolute Gasteiger partial charge is 0.397 e. The molecule has 0 atom stereocenters. The summed E-state index contributed by atoms with van der Waals surface area (Å²) in [6.07, 6.45) is 6.62. The Balaban J connectivity index is 2.36. The molecule has 0 aromatic carbocycles. The Hall–Kier alpha value is -2.11. The highest BCUT2D eigenvalue weighted by molar-refractivity contribution is 6.05. The third kappa shape index (κ3) is 2.59. The van der Waals surface area contributed by atoms with Gasteiger partial charge in [-0.3, -0.25) is 4.79 Å². The monoisotopic (exact) mass is 275 g/mol. The molecule has 0 aliphatic rings. The van der Waals surface area contributed by atoms with E-state index in [9.17, 15) is 4.79 Å². The molecule has 2 aromatic rings. The van der Waals surface area contributed by atoms with E-state index in [-0.39, 0.29) is 5.91 Å². The number of unbranched alkanes of at least 4 members (excludes halogenated alkanes) is 2. The normalized spacial score (nSPS) is 10.9. The summed E-state index contributed by atoms with van der Waals surface area (Å²) in [4.78, 5) is 17.9. The Labute approximate surface area is 118 Å². The minimum atomic E-state index is -0.143. The van der Waals surface area contributed by atoms with Gasteiger partial charge in [0.2, 0.25) is 0 Å². The van der Waals surface area contributed by atoms with E-state index in [1.807, 2.05) is 4.68 Å². The fourth-order valence-electron chi connectivity index (χ4n) is 2.13. The van der Waals surface area contributed by atoms with Crippen molar-refractivity contribution in [1.82, 2.24) is 19.7 Å². The summed E-state index contributed by atoms with van der Waals surface area (Å²) in [7, 11) is 3.39. The van der Waals surface area contributed by atoms with Crippen molar-refractivity contribution in [3.63, 3.8) is 0 Å². The summed E-state index contributed by atoms with van der Waals surface area (Å²) >= 11 is 0. The quantitative estimate of drug-likeness (QED) is 0.845. The van der Waals surface area contributed by atoms with Crippen molar-refractivity contribution in [2.24, 2.45) is 0 Å². The number of fused-ring (bicyclic) bond motifs is 1. The molecule has 108 valence electrons. The Morgan fingerprint density at radius 2 is 2.10 bits per heavy atom. The van der Waals surface area contributed by atoms with Gasteiger partial charge in [0, 0.05) is 26.8 Å². The van der Waals surface area contributed by atoms with Gasteiger partial charge in [0.15, 0.2) is 5.65 Å². The molecule has 0 saturated heterocycles. The van der Waals surface area contributed by atoms with Gasteiger partial charge < -0.3 is 10.6 Å². The molecule has 0 aliphatic carbocycles. The topological polar surface area (TPSA) is 77.0 Å². The number of amides is 1. The molecule has 2 heterocycles. The average Bonchev–Trinajstić information content (AvgIpc) is 2.83. The van der Waals surface area contributed by atoms with E-state index < -0.39 is 0 Å². The van der Waals surface area contributed by atoms with E-state index in [0.29, 0.717) is 11.3 Å². The van der Waals surface area contributed by atoms with Gasteiger partial charge in [0.1, 0.15) is 0 Å². The Kier molecular flexibility index (Phi) is 4.22. The van der Waals surface area contributed by atoms with Crippen LogP contribution in [-0.4, -0.2) is 39.7 Å². The van der Waals surface area contributed by atoms with Gasteiger partial charge in [-0.05, 0) is 6.42 Å². The van der Waals surface area contributed by atoms with Gasteiger partial charge >= 0.3 is 0 Å². The van der Waals surface area contributed by atoms with Gasteiger partial charge in [-0.15, -0.1) is 0 Å². The molecule has 2 rings (SSSR count). The lowest BCUT2D eigenvalue weighted by Gasteiger charge is -2.12. The van der Waals surface area contributed by atoms with E-state index in [1.165, 1.54) is 11.1 Å². The molecule has 0 saturated carbocycles. The van der Waals surface area contributed by atoms with Crippen molar-refractivity contribution >= 4 is 22.6 Å². The van der Waals surface area contributed by atoms with Crippen LogP contribution in [0.3, 0.4) is 0 Å². The first-order valence-electron chi connectivity index (χ1n) is 6.88. The highest BCUT2D eigenvalue weighted by atomic mass is 16.2. The first-order chi connectivity index (χ1) is 9.56. The van der Waals surface area contributed by atoms with Crippen molar-refractivity contribution in [2.45, 2.75) is 32.7 Å². The van der Waals surface area contributed by atoms with Gasteiger partial charge in [0.05, 0.1) is 22.8 Å². The first-order valence-corrected chi connectivity index (χ1v) is 6.88. The highest BCUT2D eigenvalue weighted by Gasteiger charge is 2.17. The van der Waals surface area contributed by atoms with E-state index in [1.54, 1.807) is 20.3 Å². The van der Waals surface area contributed by atoms with Crippen LogP contribution < -0.4 is 5.73 Å². The van der Waals surface area contributed by atoms with Crippen molar-refractivity contribution in [2.75, 3.05) is 19.8 Å². The third-order valence-corrected chi connectivity index (χ3v) is 3.32. The van der Waals surface area contributed by atoms with E-state index in [4.69, 9.17) is 5.73 Å². The maximum atomic E-state index is 12.0. The zero-order chi connectivity index (χ0) is 14.7. The smallest absolute Gasteiger partial charge is 0.257 e. The lowest BCUT2D eigenvalue weighted by Crippen LogP contribution is -2.23. The molecule has 0 spiro atoms. The average molecular weight is 275 g/mol. The first kappa shape index (κ1) is 14.3. The number of aromatic nitrogens is 3. The standard InChI is InChI=1S/C14H21N5O/c1-4-5-6-7-19-13-10(9-17-19)12(15)11(8-16-13)14(20)18(2)3/h8-9H,4-7H2,1-3H3,(H2,15,16). The number of anilines is 1. The van der Waals surface area contributed by atoms with Gasteiger partial charge in [-0.25, -0.2) is 9.67 Å². The van der Waals surface area contributed by atoms with E-state index in [0.717, 1.165) is 36.8 Å². The Bertz CT molecular complexity index is 617. The summed E-state index contributed by atoms with van der Waals surface area (Å²) in [5, 5.41) is 5.07. The van der Waals surface area contributed by atoms with E-state index in [2.05, 4.69) is 17.0 Å². The maximum Gasteiger partial charge on any atom is 0.257 e. The maximum absolute atomic E-state index is 12.0. The molecule has 6 nitrogen and oxygen atoms in total. The molecule has 2 N–H and O–H groups in total. The van der Waals surface area contributed by atoms with Crippen LogP contribution >= 0.6 is 0 Å². The van der Waals surface area contributed by atoms with Crippen LogP contribution in [0.4, 0.5) is 5.69 Å². The predicted molar refractivity (Wildman–Crippen MR) is 79.5 cm³/mol. The summed E-state index contributed by atoms with van der Waals surface area (Å²) in [5.74, 6) is -0.143.